The lowest BCUT2D eigenvalue weighted by atomic mass is 9.99. The van der Waals surface area contributed by atoms with E-state index in [0.717, 1.165) is 19.6 Å². The topological polar surface area (TPSA) is 105 Å². The van der Waals surface area contributed by atoms with Gasteiger partial charge in [-0.3, -0.25) is 14.9 Å². The Morgan fingerprint density at radius 3 is 2.15 bits per heavy atom. The molecule has 1 atom stereocenters. The number of nitrogens with one attached hydrogen (secondary N) is 1. The van der Waals surface area contributed by atoms with Gasteiger partial charge < -0.3 is 9.47 Å². The standard InChI is InChI=1S/C25H34N2O6S/c1-25(24(28)26-29,34(30,31)23-13-11-21(32-2)12-14-23)19-20-7-9-22(10-8-20)33-18-17-27-15-5-3-4-6-16-27/h7-14,29H,3-6,15-19H2,1-2H3,(H,26,28)/t25-/m1/s1. The highest BCUT2D eigenvalue weighted by Crippen LogP contribution is 2.31. The van der Waals surface area contributed by atoms with Crippen molar-refractivity contribution in [2.24, 2.45) is 0 Å². The molecular weight excluding hydrogens is 456 g/mol. The van der Waals surface area contributed by atoms with Crippen molar-refractivity contribution in [2.75, 3.05) is 33.4 Å². The molecule has 0 aliphatic carbocycles. The summed E-state index contributed by atoms with van der Waals surface area (Å²) in [4.78, 5) is 15.0. The fraction of sp³-hybridized carbons (Fsp3) is 0.480. The first-order chi connectivity index (χ1) is 16.3. The van der Waals surface area contributed by atoms with Crippen molar-refractivity contribution in [3.05, 3.63) is 54.1 Å². The third-order valence-corrected chi connectivity index (χ3v) is 8.79. The SMILES string of the molecule is COc1ccc(S(=O)(=O)[C@](C)(Cc2ccc(OCCN3CCCCCC3)cc2)C(=O)NO)cc1. The number of carbonyl (C=O) groups excluding carboxylic acids is 1. The molecular formula is C25H34N2O6S. The molecule has 2 aromatic rings. The number of ether oxygens (including phenoxy) is 2. The number of hydrogen-bond acceptors (Lipinski definition) is 7. The van der Waals surface area contributed by atoms with E-state index < -0.39 is 20.5 Å². The lowest BCUT2D eigenvalue weighted by Gasteiger charge is -2.27. The fourth-order valence-corrected chi connectivity index (χ4v) is 5.84. The molecule has 1 aliphatic rings. The Labute approximate surface area is 201 Å². The number of rotatable bonds is 10. The normalized spacial score (nSPS) is 16.8. The molecule has 2 aromatic carbocycles. The smallest absolute Gasteiger partial charge is 0.265 e. The lowest BCUT2D eigenvalue weighted by Crippen LogP contribution is -2.51. The summed E-state index contributed by atoms with van der Waals surface area (Å²) in [7, 11) is -2.66. The maximum absolute atomic E-state index is 13.4. The second-order valence-corrected chi connectivity index (χ2v) is 11.2. The lowest BCUT2D eigenvalue weighted by molar-refractivity contribution is -0.131. The van der Waals surface area contributed by atoms with Crippen molar-refractivity contribution in [3.63, 3.8) is 0 Å². The largest absolute Gasteiger partial charge is 0.497 e. The zero-order chi connectivity index (χ0) is 24.6. The molecule has 1 heterocycles. The van der Waals surface area contributed by atoms with Gasteiger partial charge in [-0.05, 0) is 74.8 Å². The van der Waals surface area contributed by atoms with Crippen molar-refractivity contribution in [3.8, 4) is 11.5 Å². The molecule has 0 spiro atoms. The highest BCUT2D eigenvalue weighted by molar-refractivity contribution is 7.93. The number of amides is 1. The number of sulfone groups is 1. The van der Waals surface area contributed by atoms with E-state index in [9.17, 15) is 18.4 Å². The van der Waals surface area contributed by atoms with E-state index in [4.69, 9.17) is 9.47 Å². The van der Waals surface area contributed by atoms with Gasteiger partial charge in [-0.2, -0.15) is 0 Å². The van der Waals surface area contributed by atoms with Crippen LogP contribution in [0.4, 0.5) is 0 Å². The van der Waals surface area contributed by atoms with Crippen LogP contribution in [0.5, 0.6) is 11.5 Å². The van der Waals surface area contributed by atoms with E-state index in [0.29, 0.717) is 23.7 Å². The number of carbonyl (C=O) groups is 1. The molecule has 2 N–H and O–H groups in total. The molecule has 0 bridgehead atoms. The van der Waals surface area contributed by atoms with Crippen LogP contribution in [0.25, 0.3) is 0 Å². The number of benzene rings is 2. The second kappa shape index (κ2) is 11.7. The minimum Gasteiger partial charge on any atom is -0.497 e. The quantitative estimate of drug-likeness (QED) is 0.389. The van der Waals surface area contributed by atoms with E-state index >= 15 is 0 Å². The highest BCUT2D eigenvalue weighted by Gasteiger charge is 2.47. The van der Waals surface area contributed by atoms with Crippen LogP contribution < -0.4 is 15.0 Å². The minimum absolute atomic E-state index is 0.0344. The van der Waals surface area contributed by atoms with Crippen LogP contribution in [0.2, 0.25) is 0 Å². The number of hydroxylamine groups is 1. The number of likely N-dealkylation sites (tertiary alicyclic amines) is 1. The Morgan fingerprint density at radius 1 is 1.00 bits per heavy atom. The Balaban J connectivity index is 1.70. The molecule has 8 nitrogen and oxygen atoms in total. The maximum atomic E-state index is 13.4. The van der Waals surface area contributed by atoms with Gasteiger partial charge in [-0.15, -0.1) is 0 Å². The highest BCUT2D eigenvalue weighted by atomic mass is 32.2. The van der Waals surface area contributed by atoms with Crippen LogP contribution in [-0.4, -0.2) is 62.5 Å². The number of nitrogens with zero attached hydrogens (tertiary/aromatic N) is 1. The van der Waals surface area contributed by atoms with Gasteiger partial charge in [0.2, 0.25) is 0 Å². The van der Waals surface area contributed by atoms with Gasteiger partial charge >= 0.3 is 0 Å². The number of hydrogen-bond donors (Lipinski definition) is 2. The van der Waals surface area contributed by atoms with Gasteiger partial charge in [0, 0.05) is 13.0 Å². The molecule has 0 aromatic heterocycles. The van der Waals surface area contributed by atoms with Crippen LogP contribution >= 0.6 is 0 Å². The first kappa shape index (κ1) is 26.0. The van der Waals surface area contributed by atoms with Crippen molar-refractivity contribution < 1.29 is 27.9 Å². The average molecular weight is 491 g/mol. The monoisotopic (exact) mass is 490 g/mol. The summed E-state index contributed by atoms with van der Waals surface area (Å²) in [6, 6.07) is 12.8. The van der Waals surface area contributed by atoms with E-state index in [2.05, 4.69) is 4.90 Å². The van der Waals surface area contributed by atoms with E-state index in [1.807, 2.05) is 0 Å². The molecule has 1 fully saturated rings. The summed E-state index contributed by atoms with van der Waals surface area (Å²) in [6.07, 6.45) is 4.92. The average Bonchev–Trinajstić information content (AvgIpc) is 3.13. The zero-order valence-electron chi connectivity index (χ0n) is 19.8. The third-order valence-electron chi connectivity index (χ3n) is 6.38. The van der Waals surface area contributed by atoms with E-state index in [1.165, 1.54) is 69.5 Å². The fourth-order valence-electron chi connectivity index (χ4n) is 4.18. The Bertz CT molecular complexity index is 1030. The van der Waals surface area contributed by atoms with Crippen LogP contribution in [0.15, 0.2) is 53.4 Å². The van der Waals surface area contributed by atoms with E-state index in [1.54, 1.807) is 24.3 Å². The third kappa shape index (κ3) is 6.08. The summed E-state index contributed by atoms with van der Waals surface area (Å²) >= 11 is 0. The number of methoxy groups -OCH3 is 1. The van der Waals surface area contributed by atoms with Crippen molar-refractivity contribution in [1.29, 1.82) is 0 Å². The molecule has 0 saturated carbocycles. The summed E-state index contributed by atoms with van der Waals surface area (Å²) < 4.78 is 35.8. The predicted molar refractivity (Wildman–Crippen MR) is 129 cm³/mol. The summed E-state index contributed by atoms with van der Waals surface area (Å²) in [6.45, 7) is 4.98. The molecule has 1 amide bonds. The van der Waals surface area contributed by atoms with Gasteiger partial charge in [0.25, 0.3) is 5.91 Å². The van der Waals surface area contributed by atoms with Crippen LogP contribution in [0.3, 0.4) is 0 Å². The second-order valence-electron chi connectivity index (χ2n) is 8.78. The molecule has 186 valence electrons. The summed E-state index contributed by atoms with van der Waals surface area (Å²) in [5.41, 5.74) is 2.15. The Morgan fingerprint density at radius 2 is 1.59 bits per heavy atom. The molecule has 1 saturated heterocycles. The van der Waals surface area contributed by atoms with Gasteiger partial charge in [-0.1, -0.05) is 25.0 Å². The van der Waals surface area contributed by atoms with E-state index in [-0.39, 0.29) is 11.3 Å². The molecule has 9 heteroatoms. The maximum Gasteiger partial charge on any atom is 0.265 e. The van der Waals surface area contributed by atoms with Crippen LogP contribution in [0, 0.1) is 0 Å². The first-order valence-electron chi connectivity index (χ1n) is 11.6. The van der Waals surface area contributed by atoms with Crippen LogP contribution in [-0.2, 0) is 21.1 Å². The van der Waals surface area contributed by atoms with Crippen LogP contribution in [0.1, 0.15) is 38.2 Å². The zero-order valence-corrected chi connectivity index (χ0v) is 20.6. The minimum atomic E-state index is -4.14. The molecule has 3 rings (SSSR count). The van der Waals surface area contributed by atoms with Crippen molar-refractivity contribution in [2.45, 2.75) is 48.7 Å². The van der Waals surface area contributed by atoms with Gasteiger partial charge in [0.15, 0.2) is 14.6 Å². The Kier molecular flexibility index (Phi) is 8.93. The molecule has 0 unspecified atom stereocenters. The Hall–Kier alpha value is -2.62. The predicted octanol–water partition coefficient (Wildman–Crippen LogP) is 3.23. The summed E-state index contributed by atoms with van der Waals surface area (Å²) in [5, 5.41) is 9.30. The summed E-state index contributed by atoms with van der Waals surface area (Å²) in [5.74, 6) is 0.185. The van der Waals surface area contributed by atoms with Crippen molar-refractivity contribution >= 4 is 15.7 Å². The van der Waals surface area contributed by atoms with Gasteiger partial charge in [0.1, 0.15) is 18.1 Å². The first-order valence-corrected chi connectivity index (χ1v) is 13.1. The molecule has 1 aliphatic heterocycles. The van der Waals surface area contributed by atoms with Gasteiger partial charge in [-0.25, -0.2) is 13.9 Å². The molecule has 0 radical (unpaired) electrons. The van der Waals surface area contributed by atoms with Crippen molar-refractivity contribution in [1.82, 2.24) is 10.4 Å². The molecule has 34 heavy (non-hydrogen) atoms. The van der Waals surface area contributed by atoms with Gasteiger partial charge in [0.05, 0.1) is 12.0 Å².